The molecule has 0 fully saturated rings. The van der Waals surface area contributed by atoms with Crippen LogP contribution in [0.1, 0.15) is 22.6 Å². The molecule has 148 valence electrons. The molecule has 8 nitrogen and oxygen atoms in total. The fourth-order valence-electron chi connectivity index (χ4n) is 2.36. The summed E-state index contributed by atoms with van der Waals surface area (Å²) in [6.45, 7) is 0. The van der Waals surface area contributed by atoms with E-state index in [4.69, 9.17) is 10.00 Å². The van der Waals surface area contributed by atoms with E-state index in [-0.39, 0.29) is 33.7 Å². The fourth-order valence-corrected chi connectivity index (χ4v) is 2.72. The van der Waals surface area contributed by atoms with Crippen LogP contribution in [0.4, 0.5) is 13.2 Å². The van der Waals surface area contributed by atoms with Crippen LogP contribution in [-0.2, 0) is 12.6 Å². The second-order valence-corrected chi connectivity index (χ2v) is 6.46. The average Bonchev–Trinajstić information content (AvgIpc) is 2.66. The van der Waals surface area contributed by atoms with Crippen molar-refractivity contribution in [3.63, 3.8) is 0 Å². The van der Waals surface area contributed by atoms with Gasteiger partial charge in [-0.25, -0.2) is 10.1 Å². The lowest BCUT2D eigenvalue weighted by Gasteiger charge is -2.13. The molecular formula is C17H9BrF3N5O3. The Morgan fingerprint density at radius 1 is 1.21 bits per heavy atom. The highest BCUT2D eigenvalue weighted by atomic mass is 79.9. The number of nitrogens with one attached hydrogen (secondary N) is 2. The number of benzene rings is 1. The first-order chi connectivity index (χ1) is 13.7. The Bertz CT molecular complexity index is 1230. The molecule has 0 radical (unpaired) electrons. The molecule has 0 atom stereocenters. The third-order valence-corrected chi connectivity index (χ3v) is 3.99. The van der Waals surface area contributed by atoms with Crippen LogP contribution in [0.3, 0.4) is 0 Å². The van der Waals surface area contributed by atoms with E-state index in [0.29, 0.717) is 0 Å². The van der Waals surface area contributed by atoms with Crippen LogP contribution in [0.15, 0.2) is 44.5 Å². The summed E-state index contributed by atoms with van der Waals surface area (Å²) in [6.07, 6.45) is -5.38. The van der Waals surface area contributed by atoms with Gasteiger partial charge in [0, 0.05) is 12.0 Å². The zero-order chi connectivity index (χ0) is 21.2. The first-order valence-electron chi connectivity index (χ1n) is 7.80. The predicted molar refractivity (Wildman–Crippen MR) is 96.5 cm³/mol. The van der Waals surface area contributed by atoms with Gasteiger partial charge in [-0.1, -0.05) is 6.07 Å². The number of aromatic amines is 2. The number of rotatable bonds is 4. The summed E-state index contributed by atoms with van der Waals surface area (Å²) in [5.74, 6) is -1.59. The van der Waals surface area contributed by atoms with Gasteiger partial charge in [-0.15, -0.1) is 0 Å². The monoisotopic (exact) mass is 467 g/mol. The molecule has 2 N–H and O–H groups in total. The van der Waals surface area contributed by atoms with Crippen molar-refractivity contribution in [3.8, 4) is 17.6 Å². The van der Waals surface area contributed by atoms with Crippen LogP contribution in [0.5, 0.6) is 11.5 Å². The summed E-state index contributed by atoms with van der Waals surface area (Å²) < 4.78 is 45.9. The Kier molecular flexibility index (Phi) is 5.51. The second-order valence-electron chi connectivity index (χ2n) is 5.65. The molecule has 0 spiro atoms. The van der Waals surface area contributed by atoms with Gasteiger partial charge in [-0.05, 0) is 40.2 Å². The molecular weight excluding hydrogens is 459 g/mol. The number of aromatic nitrogens is 4. The molecule has 12 heteroatoms. The summed E-state index contributed by atoms with van der Waals surface area (Å²) in [6, 6.07) is 8.40. The van der Waals surface area contributed by atoms with Crippen molar-refractivity contribution in [1.29, 1.82) is 5.26 Å². The van der Waals surface area contributed by atoms with Gasteiger partial charge < -0.3 is 9.72 Å². The van der Waals surface area contributed by atoms with Crippen LogP contribution < -0.4 is 15.9 Å². The normalized spacial score (nSPS) is 11.1. The summed E-state index contributed by atoms with van der Waals surface area (Å²) in [7, 11) is 0. The highest BCUT2D eigenvalue weighted by Crippen LogP contribution is 2.34. The van der Waals surface area contributed by atoms with Crippen LogP contribution >= 0.6 is 15.9 Å². The number of nitrogens with zero attached hydrogens (tertiary/aromatic N) is 3. The Balaban J connectivity index is 2.06. The third kappa shape index (κ3) is 4.69. The van der Waals surface area contributed by atoms with E-state index >= 15 is 0 Å². The van der Waals surface area contributed by atoms with Crippen molar-refractivity contribution in [3.05, 3.63) is 78.3 Å². The molecule has 2 heterocycles. The second kappa shape index (κ2) is 7.88. The molecule has 0 aliphatic rings. The van der Waals surface area contributed by atoms with Crippen molar-refractivity contribution in [2.24, 2.45) is 0 Å². The molecule has 0 unspecified atom stereocenters. The number of nitriles is 1. The molecule has 0 aliphatic carbocycles. The number of alkyl halides is 3. The van der Waals surface area contributed by atoms with Gasteiger partial charge in [0.05, 0.1) is 11.6 Å². The first-order valence-corrected chi connectivity index (χ1v) is 8.59. The third-order valence-electron chi connectivity index (χ3n) is 3.58. The maximum Gasteiger partial charge on any atom is 0.437 e. The average molecular weight is 468 g/mol. The highest BCUT2D eigenvalue weighted by Gasteiger charge is 2.39. The van der Waals surface area contributed by atoms with Crippen molar-refractivity contribution < 1.29 is 17.9 Å². The molecule has 0 aliphatic heterocycles. The molecule has 3 rings (SSSR count). The smallest absolute Gasteiger partial charge is 0.437 e. The molecule has 29 heavy (non-hydrogen) atoms. The number of halogens is 4. The van der Waals surface area contributed by atoms with Gasteiger partial charge in [0.15, 0.2) is 5.69 Å². The Morgan fingerprint density at radius 3 is 2.66 bits per heavy atom. The van der Waals surface area contributed by atoms with Crippen molar-refractivity contribution in [1.82, 2.24) is 20.2 Å². The largest absolute Gasteiger partial charge is 0.449 e. The molecule has 0 saturated heterocycles. The maximum atomic E-state index is 13.5. The molecule has 0 bridgehead atoms. The SMILES string of the molecule is N#Cc1cccc(Oc2c(C(F)(F)F)nc(Cc3cc(Br)n[nH]c3=O)[nH]c2=O)c1. The number of ether oxygens (including phenoxy) is 1. The zero-order valence-corrected chi connectivity index (χ0v) is 15.8. The molecule has 3 aromatic rings. The van der Waals surface area contributed by atoms with E-state index in [2.05, 4.69) is 36.1 Å². The predicted octanol–water partition coefficient (Wildman–Crippen LogP) is 2.89. The standard InChI is InChI=1S/C17H9BrF3N5O3/c18-11-5-9(15(27)26-25-11)6-12-23-14(17(19,20)21)13(16(28)24-12)29-10-3-1-2-8(4-10)7-22/h1-5H,6H2,(H,26,27)(H,23,24,28). The first kappa shape index (κ1) is 20.3. The van der Waals surface area contributed by atoms with Crippen molar-refractivity contribution >= 4 is 15.9 Å². The van der Waals surface area contributed by atoms with Gasteiger partial charge in [0.25, 0.3) is 11.1 Å². The number of hydrogen-bond donors (Lipinski definition) is 2. The van der Waals surface area contributed by atoms with Crippen molar-refractivity contribution in [2.75, 3.05) is 0 Å². The Hall–Kier alpha value is -3.46. The van der Waals surface area contributed by atoms with E-state index in [9.17, 15) is 22.8 Å². The minimum absolute atomic E-state index is 0.0403. The maximum absolute atomic E-state index is 13.5. The van der Waals surface area contributed by atoms with E-state index in [1.807, 2.05) is 6.07 Å². The van der Waals surface area contributed by atoms with Gasteiger partial charge >= 0.3 is 6.18 Å². The van der Waals surface area contributed by atoms with E-state index in [1.165, 1.54) is 30.3 Å². The topological polar surface area (TPSA) is 125 Å². The lowest BCUT2D eigenvalue weighted by Crippen LogP contribution is -2.23. The fraction of sp³-hybridized carbons (Fsp3) is 0.118. The molecule has 0 amide bonds. The quantitative estimate of drug-likeness (QED) is 0.607. The van der Waals surface area contributed by atoms with Crippen LogP contribution in [0, 0.1) is 11.3 Å². The summed E-state index contributed by atoms with van der Waals surface area (Å²) in [5, 5.41) is 14.6. The van der Waals surface area contributed by atoms with E-state index in [0.717, 1.165) is 0 Å². The van der Waals surface area contributed by atoms with Gasteiger partial charge in [-0.3, -0.25) is 9.59 Å². The Labute approximate surface area is 168 Å². The van der Waals surface area contributed by atoms with Crippen LogP contribution in [0.2, 0.25) is 0 Å². The summed E-state index contributed by atoms with van der Waals surface area (Å²) in [5.41, 5.74) is -3.20. The minimum atomic E-state index is -5.00. The van der Waals surface area contributed by atoms with Crippen LogP contribution in [-0.4, -0.2) is 20.2 Å². The molecule has 1 aromatic carbocycles. The lowest BCUT2D eigenvalue weighted by atomic mass is 10.2. The lowest BCUT2D eigenvalue weighted by molar-refractivity contribution is -0.142. The summed E-state index contributed by atoms with van der Waals surface area (Å²) in [4.78, 5) is 29.7. The van der Waals surface area contributed by atoms with E-state index in [1.54, 1.807) is 0 Å². The minimum Gasteiger partial charge on any atom is -0.449 e. The molecule has 0 saturated carbocycles. The molecule has 2 aromatic heterocycles. The number of hydrogen-bond acceptors (Lipinski definition) is 6. The summed E-state index contributed by atoms with van der Waals surface area (Å²) >= 11 is 3.03. The van der Waals surface area contributed by atoms with Crippen LogP contribution in [0.25, 0.3) is 0 Å². The number of H-pyrrole nitrogens is 2. The van der Waals surface area contributed by atoms with E-state index < -0.39 is 28.7 Å². The Morgan fingerprint density at radius 2 is 1.97 bits per heavy atom. The van der Waals surface area contributed by atoms with Crippen molar-refractivity contribution in [2.45, 2.75) is 12.6 Å². The van der Waals surface area contributed by atoms with Gasteiger partial charge in [0.2, 0.25) is 5.75 Å². The zero-order valence-electron chi connectivity index (χ0n) is 14.2. The van der Waals surface area contributed by atoms with Gasteiger partial charge in [-0.2, -0.15) is 23.5 Å². The highest BCUT2D eigenvalue weighted by molar-refractivity contribution is 9.10. The van der Waals surface area contributed by atoms with Gasteiger partial charge in [0.1, 0.15) is 16.2 Å².